The maximum Gasteiger partial charge on any atom is 0 e. The molecule has 0 amide bonds. The maximum absolute atomic E-state index is 2.12. The van der Waals surface area contributed by atoms with E-state index in [1.165, 1.54) is 10.8 Å². The average molecular weight is 236 g/mol. The third-order valence-electron chi connectivity index (χ3n) is 1.66. The van der Waals surface area contributed by atoms with E-state index in [0.717, 1.165) is 0 Å². The van der Waals surface area contributed by atoms with Crippen LogP contribution in [0.15, 0.2) is 48.5 Å². The fourth-order valence-corrected chi connectivity index (χ4v) is 1.13. The molecule has 0 atom stereocenters. The van der Waals surface area contributed by atoms with E-state index in [-0.39, 0.29) is 22.4 Å². The van der Waals surface area contributed by atoms with Crippen LogP contribution in [0, 0.1) is 0 Å². The summed E-state index contributed by atoms with van der Waals surface area (Å²) in [6, 6.07) is 16.7. The molecule has 11 heavy (non-hydrogen) atoms. The number of fused-ring (bicyclic) bond motifs is 1. The molecule has 0 spiro atoms. The zero-order valence-electron chi connectivity index (χ0n) is 5.92. The summed E-state index contributed by atoms with van der Waals surface area (Å²) in [5.74, 6) is 0. The van der Waals surface area contributed by atoms with Crippen molar-refractivity contribution in [2.45, 2.75) is 0 Å². The van der Waals surface area contributed by atoms with Crippen molar-refractivity contribution in [2.24, 2.45) is 0 Å². The molecule has 0 unspecified atom stereocenters. The Bertz CT molecular complexity index is 276. The van der Waals surface area contributed by atoms with Crippen LogP contribution < -0.4 is 0 Å². The molecule has 0 aliphatic rings. The molecule has 0 aliphatic carbocycles. The van der Waals surface area contributed by atoms with Gasteiger partial charge in [0.2, 0.25) is 0 Å². The van der Waals surface area contributed by atoms with E-state index in [4.69, 9.17) is 0 Å². The standard InChI is InChI=1S/C10H8.Ag/c1-2-6-10-8-4-3-7-9(10)5-1;/h1-8H;. The number of hydrogen-bond acceptors (Lipinski definition) is 0. The van der Waals surface area contributed by atoms with Crippen molar-refractivity contribution in [1.82, 2.24) is 0 Å². The summed E-state index contributed by atoms with van der Waals surface area (Å²) in [5, 5.41) is 2.62. The fraction of sp³-hybridized carbons (Fsp3) is 0. The van der Waals surface area contributed by atoms with Crippen LogP contribution in [0.2, 0.25) is 0 Å². The number of benzene rings is 2. The van der Waals surface area contributed by atoms with Crippen molar-refractivity contribution in [3.8, 4) is 0 Å². The second-order valence-corrected chi connectivity index (χ2v) is 2.35. The minimum atomic E-state index is 0. The first-order chi connectivity index (χ1) is 4.97. The minimum absolute atomic E-state index is 0. The van der Waals surface area contributed by atoms with Gasteiger partial charge in [0.05, 0.1) is 0 Å². The first-order valence-electron chi connectivity index (χ1n) is 3.40. The summed E-state index contributed by atoms with van der Waals surface area (Å²) >= 11 is 0. The second kappa shape index (κ2) is 3.72. The van der Waals surface area contributed by atoms with E-state index in [1.54, 1.807) is 0 Å². The molecule has 2 aromatic carbocycles. The second-order valence-electron chi connectivity index (χ2n) is 2.35. The smallest absolute Gasteiger partial charge is 0 e. The minimum Gasteiger partial charge on any atom is -0.0616 e. The first-order valence-corrected chi connectivity index (χ1v) is 3.40. The Kier molecular flexibility index (Phi) is 2.89. The summed E-state index contributed by atoms with van der Waals surface area (Å²) in [5.41, 5.74) is 0. The predicted molar refractivity (Wildman–Crippen MR) is 43.9 cm³/mol. The SMILES string of the molecule is [Ag].c1ccc2ccccc2c1. The molecule has 0 bridgehead atoms. The molecule has 0 heterocycles. The molecule has 0 aliphatic heterocycles. The molecule has 2 aromatic rings. The first kappa shape index (κ1) is 8.54. The summed E-state index contributed by atoms with van der Waals surface area (Å²) < 4.78 is 0. The summed E-state index contributed by atoms with van der Waals surface area (Å²) in [6.45, 7) is 0. The maximum atomic E-state index is 2.12. The van der Waals surface area contributed by atoms with E-state index in [1.807, 2.05) is 0 Å². The van der Waals surface area contributed by atoms with Crippen molar-refractivity contribution in [3.63, 3.8) is 0 Å². The van der Waals surface area contributed by atoms with Gasteiger partial charge in [-0.25, -0.2) is 0 Å². The normalized spacial score (nSPS) is 9.09. The Morgan fingerprint density at radius 2 is 0.818 bits per heavy atom. The monoisotopic (exact) mass is 235 g/mol. The van der Waals surface area contributed by atoms with Crippen LogP contribution in [0.1, 0.15) is 0 Å². The molecule has 0 saturated heterocycles. The van der Waals surface area contributed by atoms with E-state index >= 15 is 0 Å². The Labute approximate surface area is 81.7 Å². The number of rotatable bonds is 0. The Morgan fingerprint density at radius 1 is 0.545 bits per heavy atom. The van der Waals surface area contributed by atoms with Gasteiger partial charge in [0.15, 0.2) is 0 Å². The van der Waals surface area contributed by atoms with Crippen LogP contribution >= 0.6 is 0 Å². The van der Waals surface area contributed by atoms with Gasteiger partial charge in [0, 0.05) is 22.4 Å². The van der Waals surface area contributed by atoms with Crippen LogP contribution in [0.25, 0.3) is 10.8 Å². The quantitative estimate of drug-likeness (QED) is 0.617. The topological polar surface area (TPSA) is 0 Å². The van der Waals surface area contributed by atoms with E-state index < -0.39 is 0 Å². The van der Waals surface area contributed by atoms with Gasteiger partial charge in [-0.2, -0.15) is 0 Å². The van der Waals surface area contributed by atoms with Crippen molar-refractivity contribution >= 4 is 10.8 Å². The van der Waals surface area contributed by atoms with Crippen molar-refractivity contribution in [2.75, 3.05) is 0 Å². The summed E-state index contributed by atoms with van der Waals surface area (Å²) in [6.07, 6.45) is 0. The summed E-state index contributed by atoms with van der Waals surface area (Å²) in [4.78, 5) is 0. The zero-order chi connectivity index (χ0) is 6.81. The van der Waals surface area contributed by atoms with Crippen molar-refractivity contribution in [3.05, 3.63) is 48.5 Å². The molecule has 0 nitrogen and oxygen atoms in total. The molecule has 1 heteroatoms. The van der Waals surface area contributed by atoms with Gasteiger partial charge in [0.1, 0.15) is 0 Å². The molecule has 0 N–H and O–H groups in total. The third kappa shape index (κ3) is 1.72. The largest absolute Gasteiger partial charge is 0.0616 e. The van der Waals surface area contributed by atoms with Gasteiger partial charge in [-0.1, -0.05) is 48.5 Å². The van der Waals surface area contributed by atoms with Crippen LogP contribution in [-0.4, -0.2) is 0 Å². The summed E-state index contributed by atoms with van der Waals surface area (Å²) in [7, 11) is 0. The van der Waals surface area contributed by atoms with Crippen molar-refractivity contribution in [1.29, 1.82) is 0 Å². The molecule has 0 fully saturated rings. The Balaban J connectivity index is 0.000000605. The van der Waals surface area contributed by atoms with Gasteiger partial charge in [-0.15, -0.1) is 0 Å². The van der Waals surface area contributed by atoms with Crippen molar-refractivity contribution < 1.29 is 22.4 Å². The Morgan fingerprint density at radius 3 is 1.09 bits per heavy atom. The van der Waals surface area contributed by atoms with Gasteiger partial charge in [-0.05, 0) is 10.8 Å². The molecule has 1 radical (unpaired) electrons. The van der Waals surface area contributed by atoms with Gasteiger partial charge in [-0.3, -0.25) is 0 Å². The molecule has 2 rings (SSSR count). The molecule has 59 valence electrons. The van der Waals surface area contributed by atoms with E-state index in [2.05, 4.69) is 48.5 Å². The fourth-order valence-electron chi connectivity index (χ4n) is 1.13. The van der Waals surface area contributed by atoms with Gasteiger partial charge in [0.25, 0.3) is 0 Å². The van der Waals surface area contributed by atoms with Crippen LogP contribution in [0.4, 0.5) is 0 Å². The number of hydrogen-bond donors (Lipinski definition) is 0. The van der Waals surface area contributed by atoms with Gasteiger partial charge < -0.3 is 0 Å². The molecule has 0 saturated carbocycles. The Hall–Kier alpha value is -0.560. The van der Waals surface area contributed by atoms with Crippen LogP contribution in [0.3, 0.4) is 0 Å². The molecule has 0 aromatic heterocycles. The molecular weight excluding hydrogens is 228 g/mol. The third-order valence-corrected chi connectivity index (χ3v) is 1.66. The molecular formula is C10H8Ag. The average Bonchev–Trinajstić information content (AvgIpc) is 2.05. The van der Waals surface area contributed by atoms with E-state index in [0.29, 0.717) is 0 Å². The van der Waals surface area contributed by atoms with Crippen LogP contribution in [-0.2, 0) is 22.4 Å². The van der Waals surface area contributed by atoms with E-state index in [9.17, 15) is 0 Å². The van der Waals surface area contributed by atoms with Gasteiger partial charge >= 0.3 is 0 Å². The predicted octanol–water partition coefficient (Wildman–Crippen LogP) is 2.84. The zero-order valence-corrected chi connectivity index (χ0v) is 7.40. The van der Waals surface area contributed by atoms with Crippen LogP contribution in [0.5, 0.6) is 0 Å².